The van der Waals surface area contributed by atoms with E-state index in [9.17, 15) is 28.0 Å². The van der Waals surface area contributed by atoms with Crippen LogP contribution in [0.25, 0.3) is 5.69 Å². The van der Waals surface area contributed by atoms with E-state index in [-0.39, 0.29) is 29.7 Å². The molecule has 1 aromatic heterocycles. The minimum absolute atomic E-state index is 0.0499. The maximum absolute atomic E-state index is 13.4. The number of nitriles is 1. The maximum atomic E-state index is 13.4. The molecule has 0 radical (unpaired) electrons. The van der Waals surface area contributed by atoms with Crippen molar-refractivity contribution < 1.29 is 17.9 Å². The quantitative estimate of drug-likeness (QED) is 0.640. The number of rotatable bonds is 3. The number of halogens is 3. The monoisotopic (exact) mass is 428 g/mol. The van der Waals surface area contributed by atoms with Crippen molar-refractivity contribution in [2.24, 2.45) is 0 Å². The van der Waals surface area contributed by atoms with Crippen LogP contribution in [-0.4, -0.2) is 21.5 Å². The van der Waals surface area contributed by atoms with E-state index >= 15 is 0 Å². The number of hydrogen-bond acceptors (Lipinski definition) is 5. The second-order valence-corrected chi connectivity index (χ2v) is 6.95. The van der Waals surface area contributed by atoms with Crippen molar-refractivity contribution in [3.05, 3.63) is 85.7 Å². The summed E-state index contributed by atoms with van der Waals surface area (Å²) in [7, 11) is 1.47. The Hall–Kier alpha value is -3.87. The van der Waals surface area contributed by atoms with Crippen molar-refractivity contribution in [1.29, 1.82) is 5.26 Å². The molecule has 0 N–H and O–H groups in total. The van der Waals surface area contributed by atoms with Gasteiger partial charge in [-0.15, -0.1) is 5.10 Å². The van der Waals surface area contributed by atoms with E-state index in [1.165, 1.54) is 31.4 Å². The van der Waals surface area contributed by atoms with Crippen molar-refractivity contribution in [3.8, 4) is 17.5 Å². The normalized spacial score (nSPS) is 15.4. The van der Waals surface area contributed by atoms with Gasteiger partial charge in [0.15, 0.2) is 0 Å². The van der Waals surface area contributed by atoms with Crippen LogP contribution >= 0.6 is 0 Å². The lowest BCUT2D eigenvalue weighted by Gasteiger charge is -2.17. The first-order chi connectivity index (χ1) is 14.8. The van der Waals surface area contributed by atoms with E-state index in [2.05, 4.69) is 5.10 Å². The van der Waals surface area contributed by atoms with Crippen molar-refractivity contribution in [2.75, 3.05) is 7.11 Å². The van der Waals surface area contributed by atoms with E-state index in [1.807, 2.05) is 0 Å². The second kappa shape index (κ2) is 7.43. The average molecular weight is 428 g/mol. The number of hydrogen-bond donors (Lipinski definition) is 0. The molecule has 1 aliphatic carbocycles. The zero-order chi connectivity index (χ0) is 22.3. The summed E-state index contributed by atoms with van der Waals surface area (Å²) in [4.78, 5) is 26.0. The molecule has 0 unspecified atom stereocenters. The van der Waals surface area contributed by atoms with Gasteiger partial charge in [0.1, 0.15) is 11.8 Å². The standard InChI is InChI=1S/C21H15F3N4O3/c1-31-13-7-5-12(6-8-13)28-20(30)27(19(29)17(11-25)26-28)18-10-9-14-15(18)3-2-4-16(14)21(22,23)24/h2-8,18H,9-10H2,1H3/t18-/m1/s1. The molecule has 0 fully saturated rings. The van der Waals surface area contributed by atoms with Crippen molar-refractivity contribution in [2.45, 2.75) is 25.1 Å². The Morgan fingerprint density at radius 3 is 2.48 bits per heavy atom. The molecule has 31 heavy (non-hydrogen) atoms. The van der Waals surface area contributed by atoms with Gasteiger partial charge in [0, 0.05) is 0 Å². The summed E-state index contributed by atoms with van der Waals surface area (Å²) in [5.74, 6) is 0.523. The van der Waals surface area contributed by atoms with E-state index < -0.39 is 34.7 Å². The fraction of sp³-hybridized carbons (Fsp3) is 0.238. The summed E-state index contributed by atoms with van der Waals surface area (Å²) < 4.78 is 47.0. The Morgan fingerprint density at radius 1 is 1.16 bits per heavy atom. The number of benzene rings is 2. The molecular formula is C21H15F3N4O3. The first-order valence-electron chi connectivity index (χ1n) is 9.25. The molecular weight excluding hydrogens is 413 g/mol. The zero-order valence-corrected chi connectivity index (χ0v) is 16.2. The van der Waals surface area contributed by atoms with Crippen LogP contribution in [0.5, 0.6) is 5.75 Å². The average Bonchev–Trinajstić information content (AvgIpc) is 3.17. The molecule has 4 rings (SSSR count). The molecule has 2 aromatic carbocycles. The van der Waals surface area contributed by atoms with Gasteiger partial charge in [-0.05, 0) is 54.3 Å². The summed E-state index contributed by atoms with van der Waals surface area (Å²) in [5.41, 5.74) is -2.53. The van der Waals surface area contributed by atoms with Crippen LogP contribution in [0.15, 0.2) is 52.1 Å². The third-order valence-corrected chi connectivity index (χ3v) is 5.29. The minimum atomic E-state index is -4.55. The number of ether oxygens (including phenoxy) is 1. The molecule has 0 saturated carbocycles. The van der Waals surface area contributed by atoms with Gasteiger partial charge in [-0.25, -0.2) is 9.36 Å². The Morgan fingerprint density at radius 2 is 1.87 bits per heavy atom. The predicted molar refractivity (Wildman–Crippen MR) is 103 cm³/mol. The number of alkyl halides is 3. The highest BCUT2D eigenvalue weighted by molar-refractivity contribution is 5.43. The Kier molecular flexibility index (Phi) is 4.89. The fourth-order valence-electron chi connectivity index (χ4n) is 3.89. The van der Waals surface area contributed by atoms with Gasteiger partial charge >= 0.3 is 11.9 Å². The Labute approximate surface area is 173 Å². The summed E-state index contributed by atoms with van der Waals surface area (Å²) >= 11 is 0. The minimum Gasteiger partial charge on any atom is -0.497 e. The Balaban J connectivity index is 1.93. The lowest BCUT2D eigenvalue weighted by atomic mass is 10.0. The van der Waals surface area contributed by atoms with Crippen molar-refractivity contribution in [1.82, 2.24) is 14.3 Å². The predicted octanol–water partition coefficient (Wildman–Crippen LogP) is 2.83. The molecule has 7 nitrogen and oxygen atoms in total. The van der Waals surface area contributed by atoms with Gasteiger partial charge in [0.05, 0.1) is 24.4 Å². The molecule has 0 spiro atoms. The van der Waals surface area contributed by atoms with Crippen LogP contribution < -0.4 is 16.0 Å². The van der Waals surface area contributed by atoms with Crippen LogP contribution in [0, 0.1) is 11.3 Å². The largest absolute Gasteiger partial charge is 0.497 e. The van der Waals surface area contributed by atoms with Crippen molar-refractivity contribution >= 4 is 0 Å². The summed E-state index contributed by atoms with van der Waals surface area (Å²) in [6.45, 7) is 0. The second-order valence-electron chi connectivity index (χ2n) is 6.95. The molecule has 10 heteroatoms. The summed E-state index contributed by atoms with van der Waals surface area (Å²) in [6, 6.07) is 10.6. The highest BCUT2D eigenvalue weighted by atomic mass is 19.4. The topological polar surface area (TPSA) is 89.9 Å². The SMILES string of the molecule is COc1ccc(-n2nc(C#N)c(=O)n([C@@H]3CCc4c3cccc4C(F)(F)F)c2=O)cc1. The summed E-state index contributed by atoms with van der Waals surface area (Å²) in [5, 5.41) is 13.2. The third kappa shape index (κ3) is 3.38. The lowest BCUT2D eigenvalue weighted by molar-refractivity contribution is -0.138. The number of methoxy groups -OCH3 is 1. The van der Waals surface area contributed by atoms with Crippen LogP contribution in [0.2, 0.25) is 0 Å². The molecule has 0 aliphatic heterocycles. The van der Waals surface area contributed by atoms with Gasteiger partial charge in [0.2, 0.25) is 5.69 Å². The van der Waals surface area contributed by atoms with E-state index in [4.69, 9.17) is 4.74 Å². The van der Waals surface area contributed by atoms with Crippen LogP contribution in [0.1, 0.15) is 34.8 Å². The van der Waals surface area contributed by atoms with Crippen LogP contribution in [0.3, 0.4) is 0 Å². The molecule has 1 atom stereocenters. The first-order valence-corrected chi connectivity index (χ1v) is 9.25. The zero-order valence-electron chi connectivity index (χ0n) is 16.2. The maximum Gasteiger partial charge on any atom is 0.416 e. The van der Waals surface area contributed by atoms with Gasteiger partial charge in [-0.1, -0.05) is 12.1 Å². The molecule has 0 amide bonds. The van der Waals surface area contributed by atoms with Gasteiger partial charge in [0.25, 0.3) is 5.56 Å². The molecule has 3 aromatic rings. The molecule has 0 bridgehead atoms. The first kappa shape index (κ1) is 20.4. The van der Waals surface area contributed by atoms with Gasteiger partial charge < -0.3 is 4.74 Å². The third-order valence-electron chi connectivity index (χ3n) is 5.29. The van der Waals surface area contributed by atoms with E-state index in [0.29, 0.717) is 5.75 Å². The molecule has 158 valence electrons. The molecule has 0 saturated heterocycles. The number of aromatic nitrogens is 3. The smallest absolute Gasteiger partial charge is 0.416 e. The van der Waals surface area contributed by atoms with E-state index in [0.717, 1.165) is 15.3 Å². The summed E-state index contributed by atoms with van der Waals surface area (Å²) in [6.07, 6.45) is -4.38. The highest BCUT2D eigenvalue weighted by Gasteiger charge is 2.38. The Bertz CT molecular complexity index is 1320. The fourth-order valence-corrected chi connectivity index (χ4v) is 3.89. The number of nitrogens with zero attached hydrogens (tertiary/aromatic N) is 4. The van der Waals surface area contributed by atoms with Gasteiger partial charge in [-0.3, -0.25) is 4.79 Å². The van der Waals surface area contributed by atoms with Crippen molar-refractivity contribution in [3.63, 3.8) is 0 Å². The van der Waals surface area contributed by atoms with Crippen LogP contribution in [-0.2, 0) is 12.6 Å². The molecule has 1 heterocycles. The highest BCUT2D eigenvalue weighted by Crippen LogP contribution is 2.41. The van der Waals surface area contributed by atoms with Crippen LogP contribution in [0.4, 0.5) is 13.2 Å². The van der Waals surface area contributed by atoms with Gasteiger partial charge in [-0.2, -0.15) is 23.1 Å². The lowest BCUT2D eigenvalue weighted by Crippen LogP contribution is -2.44. The number of fused-ring (bicyclic) bond motifs is 1. The molecule has 1 aliphatic rings. The van der Waals surface area contributed by atoms with E-state index in [1.54, 1.807) is 18.2 Å².